The third-order valence-corrected chi connectivity index (χ3v) is 5.21. The van der Waals surface area contributed by atoms with Gasteiger partial charge in [-0.05, 0) is 42.7 Å². The topological polar surface area (TPSA) is 56.1 Å². The molecule has 1 fully saturated rings. The predicted molar refractivity (Wildman–Crippen MR) is 104 cm³/mol. The van der Waals surface area contributed by atoms with Crippen molar-refractivity contribution in [1.29, 1.82) is 5.26 Å². The molecule has 0 radical (unpaired) electrons. The summed E-state index contributed by atoms with van der Waals surface area (Å²) in [5.74, 6) is -2.38. The van der Waals surface area contributed by atoms with Crippen LogP contribution in [0.4, 0.5) is 18.9 Å². The SMILES string of the molecule is N#Cc1ccc(N2CCC(NC(=O)CC(c3ccccc3)C(F)(F)F)CC2)cc1. The highest BCUT2D eigenvalue weighted by molar-refractivity contribution is 5.77. The number of carbonyl (C=O) groups excluding carboxylic acids is 1. The van der Waals surface area contributed by atoms with Crippen molar-refractivity contribution in [3.8, 4) is 6.07 Å². The van der Waals surface area contributed by atoms with Gasteiger partial charge in [0.2, 0.25) is 5.91 Å². The summed E-state index contributed by atoms with van der Waals surface area (Å²) >= 11 is 0. The molecule has 1 heterocycles. The molecule has 3 rings (SSSR count). The molecule has 1 aliphatic heterocycles. The molecule has 4 nitrogen and oxygen atoms in total. The van der Waals surface area contributed by atoms with Gasteiger partial charge in [-0.25, -0.2) is 0 Å². The first kappa shape index (κ1) is 20.7. The Morgan fingerprint density at radius 1 is 1.10 bits per heavy atom. The van der Waals surface area contributed by atoms with Gasteiger partial charge in [-0.3, -0.25) is 4.79 Å². The fourth-order valence-corrected chi connectivity index (χ4v) is 3.61. The van der Waals surface area contributed by atoms with E-state index in [4.69, 9.17) is 5.26 Å². The van der Waals surface area contributed by atoms with E-state index in [9.17, 15) is 18.0 Å². The molecule has 0 bridgehead atoms. The number of nitriles is 1. The maximum absolute atomic E-state index is 13.4. The van der Waals surface area contributed by atoms with Gasteiger partial charge in [0.1, 0.15) is 0 Å². The van der Waals surface area contributed by atoms with E-state index in [1.807, 2.05) is 12.1 Å². The minimum atomic E-state index is -4.47. The Morgan fingerprint density at radius 3 is 2.28 bits per heavy atom. The van der Waals surface area contributed by atoms with Gasteiger partial charge in [0.25, 0.3) is 0 Å². The van der Waals surface area contributed by atoms with Crippen LogP contribution in [0.3, 0.4) is 0 Å². The average molecular weight is 401 g/mol. The van der Waals surface area contributed by atoms with Crippen molar-refractivity contribution in [2.45, 2.75) is 37.4 Å². The summed E-state index contributed by atoms with van der Waals surface area (Å²) in [5.41, 5.74) is 1.69. The number of piperidine rings is 1. The summed E-state index contributed by atoms with van der Waals surface area (Å²) in [7, 11) is 0. The van der Waals surface area contributed by atoms with Crippen molar-refractivity contribution < 1.29 is 18.0 Å². The second kappa shape index (κ2) is 8.99. The summed E-state index contributed by atoms with van der Waals surface area (Å²) in [6.07, 6.45) is -3.76. The monoisotopic (exact) mass is 401 g/mol. The number of halogens is 3. The zero-order valence-electron chi connectivity index (χ0n) is 15.8. The first-order valence-corrected chi connectivity index (χ1v) is 9.53. The Kier molecular flexibility index (Phi) is 6.42. The first-order chi connectivity index (χ1) is 13.9. The molecular formula is C22H22F3N3O. The van der Waals surface area contributed by atoms with Gasteiger partial charge in [0.05, 0.1) is 17.6 Å². The van der Waals surface area contributed by atoms with Crippen molar-refractivity contribution in [3.63, 3.8) is 0 Å². The van der Waals surface area contributed by atoms with Crippen molar-refractivity contribution in [2.24, 2.45) is 0 Å². The van der Waals surface area contributed by atoms with Crippen molar-refractivity contribution >= 4 is 11.6 Å². The van der Waals surface area contributed by atoms with Crippen molar-refractivity contribution in [1.82, 2.24) is 5.32 Å². The Labute approximate surface area is 167 Å². The van der Waals surface area contributed by atoms with Crippen LogP contribution in [0.25, 0.3) is 0 Å². The summed E-state index contributed by atoms with van der Waals surface area (Å²) in [4.78, 5) is 14.5. The van der Waals surface area contributed by atoms with Crippen LogP contribution >= 0.6 is 0 Å². The number of anilines is 1. The van der Waals surface area contributed by atoms with Crippen LogP contribution in [0.15, 0.2) is 54.6 Å². The van der Waals surface area contributed by atoms with E-state index in [0.717, 1.165) is 5.69 Å². The molecule has 2 aromatic carbocycles. The Bertz CT molecular complexity index is 852. The second-order valence-electron chi connectivity index (χ2n) is 7.20. The number of amides is 1. The van der Waals surface area contributed by atoms with E-state index >= 15 is 0 Å². The molecule has 1 atom stereocenters. The maximum atomic E-state index is 13.4. The van der Waals surface area contributed by atoms with Gasteiger partial charge in [-0.2, -0.15) is 18.4 Å². The van der Waals surface area contributed by atoms with Gasteiger partial charge in [-0.1, -0.05) is 30.3 Å². The van der Waals surface area contributed by atoms with Gasteiger partial charge in [-0.15, -0.1) is 0 Å². The van der Waals surface area contributed by atoms with Crippen LogP contribution in [0.5, 0.6) is 0 Å². The van der Waals surface area contributed by atoms with E-state index in [1.165, 1.54) is 12.1 Å². The number of nitrogens with one attached hydrogen (secondary N) is 1. The zero-order chi connectivity index (χ0) is 20.9. The van der Waals surface area contributed by atoms with E-state index in [1.54, 1.807) is 30.3 Å². The molecule has 0 aromatic heterocycles. The molecule has 1 saturated heterocycles. The molecule has 2 aromatic rings. The Morgan fingerprint density at radius 2 is 1.72 bits per heavy atom. The Hall–Kier alpha value is -3.01. The highest BCUT2D eigenvalue weighted by Gasteiger charge is 2.42. The zero-order valence-corrected chi connectivity index (χ0v) is 15.8. The van der Waals surface area contributed by atoms with Crippen LogP contribution in [-0.4, -0.2) is 31.2 Å². The van der Waals surface area contributed by atoms with Gasteiger partial charge >= 0.3 is 6.18 Å². The van der Waals surface area contributed by atoms with E-state index in [0.29, 0.717) is 31.5 Å². The second-order valence-corrected chi connectivity index (χ2v) is 7.20. The molecule has 1 aliphatic rings. The van der Waals surface area contributed by atoms with E-state index in [2.05, 4.69) is 16.3 Å². The quantitative estimate of drug-likeness (QED) is 0.809. The average Bonchev–Trinajstić information content (AvgIpc) is 2.72. The Balaban J connectivity index is 1.54. The summed E-state index contributed by atoms with van der Waals surface area (Å²) in [5, 5.41) is 11.6. The van der Waals surface area contributed by atoms with Gasteiger partial charge in [0, 0.05) is 31.2 Å². The number of carbonyl (C=O) groups is 1. The molecule has 0 aliphatic carbocycles. The third kappa shape index (κ3) is 5.50. The minimum Gasteiger partial charge on any atom is -0.371 e. The fraction of sp³-hybridized carbons (Fsp3) is 0.364. The number of hydrogen-bond acceptors (Lipinski definition) is 3. The van der Waals surface area contributed by atoms with Crippen LogP contribution in [0.1, 0.15) is 36.3 Å². The van der Waals surface area contributed by atoms with Gasteiger partial charge in [0.15, 0.2) is 0 Å². The van der Waals surface area contributed by atoms with Crippen molar-refractivity contribution in [2.75, 3.05) is 18.0 Å². The number of benzene rings is 2. The first-order valence-electron chi connectivity index (χ1n) is 9.53. The highest BCUT2D eigenvalue weighted by atomic mass is 19.4. The molecule has 0 saturated carbocycles. The van der Waals surface area contributed by atoms with Crippen LogP contribution in [0, 0.1) is 11.3 Å². The molecule has 1 amide bonds. The molecule has 7 heteroatoms. The molecule has 152 valence electrons. The molecule has 0 spiro atoms. The summed E-state index contributed by atoms with van der Waals surface area (Å²) in [6.45, 7) is 1.39. The lowest BCUT2D eigenvalue weighted by molar-refractivity contribution is -0.157. The number of rotatable bonds is 5. The largest absolute Gasteiger partial charge is 0.396 e. The molecule has 29 heavy (non-hydrogen) atoms. The van der Waals surface area contributed by atoms with Crippen LogP contribution in [-0.2, 0) is 4.79 Å². The highest BCUT2D eigenvalue weighted by Crippen LogP contribution is 2.37. The van der Waals surface area contributed by atoms with E-state index < -0.39 is 24.4 Å². The maximum Gasteiger partial charge on any atom is 0.396 e. The molecule has 1 N–H and O–H groups in total. The number of nitrogens with zero attached hydrogens (tertiary/aromatic N) is 2. The normalized spacial score (nSPS) is 16.1. The third-order valence-electron chi connectivity index (χ3n) is 5.21. The standard InChI is InChI=1S/C22H22F3N3O/c23-22(24,25)20(17-4-2-1-3-5-17)14-21(29)27-18-10-12-28(13-11-18)19-8-6-16(15-26)7-9-19/h1-9,18,20H,10-14H2,(H,27,29). The van der Waals surface area contributed by atoms with Gasteiger partial charge < -0.3 is 10.2 Å². The lowest BCUT2D eigenvalue weighted by Crippen LogP contribution is -2.45. The minimum absolute atomic E-state index is 0.103. The van der Waals surface area contributed by atoms with Crippen LogP contribution in [0.2, 0.25) is 0 Å². The predicted octanol–water partition coefficient (Wildman–Crippen LogP) is 4.38. The fourth-order valence-electron chi connectivity index (χ4n) is 3.61. The number of alkyl halides is 3. The summed E-state index contributed by atoms with van der Waals surface area (Å²) in [6, 6.07) is 16.8. The summed E-state index contributed by atoms with van der Waals surface area (Å²) < 4.78 is 40.3. The van der Waals surface area contributed by atoms with E-state index in [-0.39, 0.29) is 11.6 Å². The molecule has 1 unspecified atom stereocenters. The van der Waals surface area contributed by atoms with Crippen molar-refractivity contribution in [3.05, 3.63) is 65.7 Å². The molecular weight excluding hydrogens is 379 g/mol. The number of hydrogen-bond donors (Lipinski definition) is 1. The smallest absolute Gasteiger partial charge is 0.371 e. The van der Waals surface area contributed by atoms with Crippen LogP contribution < -0.4 is 10.2 Å². The lowest BCUT2D eigenvalue weighted by atomic mass is 9.94. The lowest BCUT2D eigenvalue weighted by Gasteiger charge is -2.34.